The van der Waals surface area contributed by atoms with Crippen molar-refractivity contribution in [1.82, 2.24) is 4.90 Å². The molecule has 2 rings (SSSR count). The van der Waals surface area contributed by atoms with Crippen LogP contribution in [-0.2, 0) is 11.2 Å². The van der Waals surface area contributed by atoms with Gasteiger partial charge in [0.05, 0.1) is 0 Å². The summed E-state index contributed by atoms with van der Waals surface area (Å²) < 4.78 is 0. The van der Waals surface area contributed by atoms with Crippen LogP contribution in [-0.4, -0.2) is 24.4 Å². The van der Waals surface area contributed by atoms with E-state index in [-0.39, 0.29) is 0 Å². The fraction of sp³-hybridized carbons (Fsp3) is 0.500. The summed E-state index contributed by atoms with van der Waals surface area (Å²) in [6, 6.07) is 8.65. The van der Waals surface area contributed by atoms with Crippen LogP contribution in [0.25, 0.3) is 0 Å². The van der Waals surface area contributed by atoms with Gasteiger partial charge in [-0.2, -0.15) is 0 Å². The van der Waals surface area contributed by atoms with Gasteiger partial charge in [0.25, 0.3) is 0 Å². The fourth-order valence-corrected chi connectivity index (χ4v) is 2.24. The van der Waals surface area contributed by atoms with Gasteiger partial charge in [-0.05, 0) is 31.2 Å². The minimum atomic E-state index is 0.295. The summed E-state index contributed by atoms with van der Waals surface area (Å²) >= 11 is 0. The Hall–Kier alpha value is -1.31. The predicted octanol–water partition coefficient (Wildman–Crippen LogP) is 2.41. The molecule has 0 aliphatic carbocycles. The number of hydrogen-bond acceptors (Lipinski definition) is 1. The van der Waals surface area contributed by atoms with Crippen molar-refractivity contribution >= 4 is 5.91 Å². The zero-order valence-corrected chi connectivity index (χ0v) is 10.1. The summed E-state index contributed by atoms with van der Waals surface area (Å²) in [6.07, 6.45) is 2.89. The molecule has 1 fully saturated rings. The molecule has 1 aliphatic heterocycles. The first-order valence-corrected chi connectivity index (χ1v) is 5.94. The van der Waals surface area contributed by atoms with E-state index in [1.807, 2.05) is 11.9 Å². The molecule has 1 atom stereocenters. The van der Waals surface area contributed by atoms with Crippen molar-refractivity contribution in [1.29, 1.82) is 0 Å². The molecule has 0 aromatic heterocycles. The van der Waals surface area contributed by atoms with E-state index >= 15 is 0 Å². The lowest BCUT2D eigenvalue weighted by molar-refractivity contribution is -0.133. The first kappa shape index (κ1) is 11.2. The summed E-state index contributed by atoms with van der Waals surface area (Å²) in [7, 11) is 1.89. The number of carbonyl (C=O) groups excluding carboxylic acids is 1. The van der Waals surface area contributed by atoms with E-state index in [9.17, 15) is 4.79 Å². The molecule has 1 unspecified atom stereocenters. The fourth-order valence-electron chi connectivity index (χ4n) is 2.24. The number of carbonyl (C=O) groups is 1. The summed E-state index contributed by atoms with van der Waals surface area (Å²) in [5.41, 5.74) is 2.65. The molecule has 1 heterocycles. The Morgan fingerprint density at radius 2 is 2.00 bits per heavy atom. The largest absolute Gasteiger partial charge is 0.346 e. The van der Waals surface area contributed by atoms with Gasteiger partial charge >= 0.3 is 0 Å². The van der Waals surface area contributed by atoms with Crippen molar-refractivity contribution in [2.75, 3.05) is 13.6 Å². The molecule has 2 heteroatoms. The van der Waals surface area contributed by atoms with Crippen molar-refractivity contribution in [2.45, 2.75) is 26.2 Å². The second kappa shape index (κ2) is 4.69. The number of piperidine rings is 1. The van der Waals surface area contributed by atoms with E-state index in [0.29, 0.717) is 18.2 Å². The van der Waals surface area contributed by atoms with Crippen LogP contribution in [0.1, 0.15) is 24.0 Å². The second-order valence-electron chi connectivity index (χ2n) is 4.86. The number of aryl methyl sites for hydroxylation is 1. The quantitative estimate of drug-likeness (QED) is 0.745. The molecule has 1 amide bonds. The standard InChI is InChI=1S/C14H19NO/c1-11-3-5-12(6-4-11)9-13-7-8-15(2)14(16)10-13/h3-6,13H,7-10H2,1-2H3. The van der Waals surface area contributed by atoms with Crippen molar-refractivity contribution in [3.05, 3.63) is 35.4 Å². The van der Waals surface area contributed by atoms with Crippen LogP contribution in [0.4, 0.5) is 0 Å². The molecule has 0 bridgehead atoms. The lowest BCUT2D eigenvalue weighted by atomic mass is 9.90. The Labute approximate surface area is 97.3 Å². The molecule has 1 aromatic carbocycles. The summed E-state index contributed by atoms with van der Waals surface area (Å²) in [6.45, 7) is 3.01. The number of nitrogens with zero attached hydrogens (tertiary/aromatic N) is 1. The van der Waals surface area contributed by atoms with E-state index < -0.39 is 0 Å². The van der Waals surface area contributed by atoms with Gasteiger partial charge in [-0.3, -0.25) is 4.79 Å². The van der Waals surface area contributed by atoms with Crippen molar-refractivity contribution in [3.8, 4) is 0 Å². The highest BCUT2D eigenvalue weighted by Crippen LogP contribution is 2.21. The Morgan fingerprint density at radius 3 is 2.62 bits per heavy atom. The maximum atomic E-state index is 11.6. The van der Waals surface area contributed by atoms with Crippen LogP contribution in [0.5, 0.6) is 0 Å². The average molecular weight is 217 g/mol. The Bertz CT molecular complexity index is 369. The third-order valence-corrected chi connectivity index (χ3v) is 3.41. The number of hydrogen-bond donors (Lipinski definition) is 0. The second-order valence-corrected chi connectivity index (χ2v) is 4.86. The monoisotopic (exact) mass is 217 g/mol. The number of benzene rings is 1. The van der Waals surface area contributed by atoms with Crippen LogP contribution < -0.4 is 0 Å². The highest BCUT2D eigenvalue weighted by Gasteiger charge is 2.23. The first-order chi connectivity index (χ1) is 7.65. The average Bonchev–Trinajstić information content (AvgIpc) is 2.27. The third kappa shape index (κ3) is 2.63. The van der Waals surface area contributed by atoms with E-state index in [0.717, 1.165) is 19.4 Å². The smallest absolute Gasteiger partial charge is 0.222 e. The molecule has 0 N–H and O–H groups in total. The molecule has 1 aromatic rings. The molecule has 1 aliphatic rings. The van der Waals surface area contributed by atoms with Gasteiger partial charge in [-0.15, -0.1) is 0 Å². The Balaban J connectivity index is 1.95. The predicted molar refractivity (Wildman–Crippen MR) is 65.2 cm³/mol. The molecule has 0 saturated carbocycles. The van der Waals surface area contributed by atoms with Crippen LogP contribution in [0.2, 0.25) is 0 Å². The molecule has 0 spiro atoms. The zero-order chi connectivity index (χ0) is 11.5. The van der Waals surface area contributed by atoms with Gasteiger partial charge in [0.2, 0.25) is 5.91 Å². The Kier molecular flexibility index (Phi) is 3.28. The molecule has 16 heavy (non-hydrogen) atoms. The molecule has 86 valence electrons. The summed E-state index contributed by atoms with van der Waals surface area (Å²) in [5.74, 6) is 0.828. The number of likely N-dealkylation sites (tertiary alicyclic amines) is 1. The molecule has 2 nitrogen and oxygen atoms in total. The lowest BCUT2D eigenvalue weighted by Crippen LogP contribution is -2.36. The van der Waals surface area contributed by atoms with E-state index in [2.05, 4.69) is 31.2 Å². The SMILES string of the molecule is Cc1ccc(CC2CCN(C)C(=O)C2)cc1. The maximum absolute atomic E-state index is 11.6. The van der Waals surface area contributed by atoms with Gasteiger partial charge in [0, 0.05) is 20.0 Å². The van der Waals surface area contributed by atoms with Crippen molar-refractivity contribution < 1.29 is 4.79 Å². The van der Waals surface area contributed by atoms with E-state index in [1.165, 1.54) is 11.1 Å². The molecule has 1 saturated heterocycles. The highest BCUT2D eigenvalue weighted by molar-refractivity contribution is 5.76. The molecule has 0 radical (unpaired) electrons. The maximum Gasteiger partial charge on any atom is 0.222 e. The Morgan fingerprint density at radius 1 is 1.31 bits per heavy atom. The molecular weight excluding hydrogens is 198 g/mol. The van der Waals surface area contributed by atoms with Gasteiger partial charge in [0.15, 0.2) is 0 Å². The van der Waals surface area contributed by atoms with Crippen LogP contribution >= 0.6 is 0 Å². The van der Waals surface area contributed by atoms with Crippen LogP contribution in [0.15, 0.2) is 24.3 Å². The lowest BCUT2D eigenvalue weighted by Gasteiger charge is -2.28. The van der Waals surface area contributed by atoms with Gasteiger partial charge in [-0.1, -0.05) is 29.8 Å². The summed E-state index contributed by atoms with van der Waals surface area (Å²) in [4.78, 5) is 13.4. The topological polar surface area (TPSA) is 20.3 Å². The van der Waals surface area contributed by atoms with Crippen molar-refractivity contribution in [3.63, 3.8) is 0 Å². The van der Waals surface area contributed by atoms with Gasteiger partial charge in [0.1, 0.15) is 0 Å². The van der Waals surface area contributed by atoms with Gasteiger partial charge in [-0.25, -0.2) is 0 Å². The number of amides is 1. The van der Waals surface area contributed by atoms with Crippen LogP contribution in [0.3, 0.4) is 0 Å². The number of rotatable bonds is 2. The normalized spacial score (nSPS) is 21.2. The van der Waals surface area contributed by atoms with E-state index in [4.69, 9.17) is 0 Å². The van der Waals surface area contributed by atoms with Crippen molar-refractivity contribution in [2.24, 2.45) is 5.92 Å². The van der Waals surface area contributed by atoms with Gasteiger partial charge < -0.3 is 4.90 Å². The van der Waals surface area contributed by atoms with E-state index in [1.54, 1.807) is 0 Å². The molecular formula is C14H19NO. The summed E-state index contributed by atoms with van der Waals surface area (Å²) in [5, 5.41) is 0. The third-order valence-electron chi connectivity index (χ3n) is 3.41. The first-order valence-electron chi connectivity index (χ1n) is 5.94. The minimum absolute atomic E-state index is 0.295. The minimum Gasteiger partial charge on any atom is -0.346 e. The van der Waals surface area contributed by atoms with Crippen LogP contribution in [0, 0.1) is 12.8 Å². The zero-order valence-electron chi connectivity index (χ0n) is 10.1. The highest BCUT2D eigenvalue weighted by atomic mass is 16.2.